The number of benzene rings is 1. The summed E-state index contributed by atoms with van der Waals surface area (Å²) in [5, 5.41) is -0.000158. The summed E-state index contributed by atoms with van der Waals surface area (Å²) in [6.45, 7) is 32.5. The second-order valence-electron chi connectivity index (χ2n) is 17.7. The van der Waals surface area contributed by atoms with Gasteiger partial charge in [-0.15, -0.1) is 6.58 Å². The molecule has 8 nitrogen and oxygen atoms in total. The van der Waals surface area contributed by atoms with E-state index in [1.54, 1.807) is 0 Å². The molecule has 11 heteroatoms. The fraction of sp³-hybridized carbons (Fsp3) is 0.789. The van der Waals surface area contributed by atoms with E-state index in [0.717, 1.165) is 18.2 Å². The van der Waals surface area contributed by atoms with Crippen molar-refractivity contribution in [3.05, 3.63) is 48.6 Å². The molecule has 0 unspecified atom stereocenters. The largest absolute Gasteiger partial charge is 0.414 e. The quantitative estimate of drug-likeness (QED) is 0.0516. The van der Waals surface area contributed by atoms with Crippen molar-refractivity contribution in [2.75, 3.05) is 26.3 Å². The van der Waals surface area contributed by atoms with Crippen LogP contribution in [0.5, 0.6) is 0 Å². The van der Waals surface area contributed by atoms with Crippen LogP contribution in [0.2, 0.25) is 34.8 Å². The van der Waals surface area contributed by atoms with Gasteiger partial charge in [-0.05, 0) is 52.7 Å². The van der Waals surface area contributed by atoms with Crippen LogP contribution in [0.4, 0.5) is 0 Å². The summed E-state index contributed by atoms with van der Waals surface area (Å²) in [6, 6.07) is 10.1. The number of fused-ring (bicyclic) bond motifs is 3. The fourth-order valence-electron chi connectivity index (χ4n) is 9.10. The summed E-state index contributed by atoms with van der Waals surface area (Å²) < 4.78 is 64.9. The van der Waals surface area contributed by atoms with Crippen LogP contribution >= 0.6 is 0 Å². The van der Waals surface area contributed by atoms with Crippen LogP contribution in [-0.4, -0.2) is 75.2 Å². The summed E-state index contributed by atoms with van der Waals surface area (Å²) in [7, 11) is -8.17. The van der Waals surface area contributed by atoms with E-state index in [4.69, 9.17) is 27.2 Å². The van der Waals surface area contributed by atoms with Crippen molar-refractivity contribution in [3.63, 3.8) is 0 Å². The first-order valence-corrected chi connectivity index (χ1v) is 25.1. The Morgan fingerprint density at radius 2 is 1.59 bits per heavy atom. The lowest BCUT2D eigenvalue weighted by molar-refractivity contribution is -0.245. The molecule has 0 amide bonds. The Morgan fingerprint density at radius 3 is 2.10 bits per heavy atom. The maximum absolute atomic E-state index is 12.3. The Kier molecular flexibility index (Phi) is 12.4. The fourth-order valence-corrected chi connectivity index (χ4v) is 16.2. The van der Waals surface area contributed by atoms with Gasteiger partial charge in [0.1, 0.15) is 12.4 Å². The molecule has 4 rings (SSSR count). The highest BCUT2D eigenvalue weighted by Gasteiger charge is 2.77. The van der Waals surface area contributed by atoms with Crippen molar-refractivity contribution >= 4 is 26.8 Å². The summed E-state index contributed by atoms with van der Waals surface area (Å²) in [5.41, 5.74) is 0.953. The van der Waals surface area contributed by atoms with Crippen LogP contribution in [0.25, 0.3) is 0 Å². The SMILES string of the molecule is C=C[C@@H]1[C@@H](O[Si](C(C)C)(C(C)C)C(C)C)[C@H](OCOCc2ccccc2)[C@H]2[C@@H]1O[C@@]1(CO[Si](C)(C)C(C)(C)C)[C@@H]2C[C@@]1(C)COS(C)(=O)=O. The molecular weight excluding hydrogens is 673 g/mol. The topological polar surface area (TPSA) is 89.5 Å². The smallest absolute Gasteiger partial charge is 0.264 e. The third-order valence-corrected chi connectivity index (χ3v) is 23.9. The van der Waals surface area contributed by atoms with Crippen LogP contribution < -0.4 is 0 Å². The number of hydrogen-bond donors (Lipinski definition) is 0. The van der Waals surface area contributed by atoms with Crippen molar-refractivity contribution < 1.29 is 35.7 Å². The van der Waals surface area contributed by atoms with Gasteiger partial charge in [0.25, 0.3) is 10.1 Å². The molecule has 1 aliphatic heterocycles. The van der Waals surface area contributed by atoms with Crippen LogP contribution in [-0.2, 0) is 44.0 Å². The zero-order chi connectivity index (χ0) is 36.8. The molecule has 0 spiro atoms. The molecule has 0 N–H and O–H groups in total. The normalized spacial score (nSPS) is 32.1. The van der Waals surface area contributed by atoms with Gasteiger partial charge in [-0.3, -0.25) is 4.18 Å². The lowest BCUT2D eigenvalue weighted by atomic mass is 9.49. The first kappa shape index (κ1) is 40.9. The van der Waals surface area contributed by atoms with Crippen LogP contribution in [0.3, 0.4) is 0 Å². The Bertz CT molecular complexity index is 1360. The van der Waals surface area contributed by atoms with E-state index in [9.17, 15) is 8.42 Å². The van der Waals surface area contributed by atoms with E-state index < -0.39 is 37.8 Å². The molecular formula is C38H66O8SSi2. The van der Waals surface area contributed by atoms with Gasteiger partial charge in [0.15, 0.2) is 8.32 Å². The Balaban J connectivity index is 1.74. The third-order valence-electron chi connectivity index (χ3n) is 12.8. The van der Waals surface area contributed by atoms with E-state index in [0.29, 0.717) is 29.8 Å². The van der Waals surface area contributed by atoms with Crippen molar-refractivity contribution in [2.24, 2.45) is 23.2 Å². The van der Waals surface area contributed by atoms with E-state index in [1.807, 2.05) is 24.3 Å². The van der Waals surface area contributed by atoms with Gasteiger partial charge < -0.3 is 23.1 Å². The van der Waals surface area contributed by atoms with Gasteiger partial charge in [-0.2, -0.15) is 8.42 Å². The first-order chi connectivity index (χ1) is 22.6. The molecule has 49 heavy (non-hydrogen) atoms. The average Bonchev–Trinajstić information content (AvgIpc) is 3.42. The summed E-state index contributed by atoms with van der Waals surface area (Å²) in [6.07, 6.45) is 3.07. The molecule has 1 aromatic carbocycles. The van der Waals surface area contributed by atoms with Gasteiger partial charge >= 0.3 is 0 Å². The third kappa shape index (κ3) is 7.76. The second-order valence-corrected chi connectivity index (χ2v) is 29.6. The highest BCUT2D eigenvalue weighted by molar-refractivity contribution is 7.85. The molecule has 1 aromatic rings. The predicted octanol–water partition coefficient (Wildman–Crippen LogP) is 8.70. The van der Waals surface area contributed by atoms with Crippen LogP contribution in [0.15, 0.2) is 43.0 Å². The van der Waals surface area contributed by atoms with Crippen molar-refractivity contribution in [2.45, 2.75) is 141 Å². The highest BCUT2D eigenvalue weighted by Crippen LogP contribution is 2.69. The monoisotopic (exact) mass is 738 g/mol. The minimum atomic E-state index is -3.65. The van der Waals surface area contributed by atoms with Gasteiger partial charge in [0, 0.05) is 17.3 Å². The molecule has 280 valence electrons. The summed E-state index contributed by atoms with van der Waals surface area (Å²) in [4.78, 5) is 0. The summed E-state index contributed by atoms with van der Waals surface area (Å²) >= 11 is 0. The minimum Gasteiger partial charge on any atom is -0.414 e. The van der Waals surface area contributed by atoms with Gasteiger partial charge in [0.05, 0.1) is 44.4 Å². The Morgan fingerprint density at radius 1 is 1.00 bits per heavy atom. The van der Waals surface area contributed by atoms with Gasteiger partial charge in [-0.25, -0.2) is 0 Å². The summed E-state index contributed by atoms with van der Waals surface area (Å²) in [5.74, 6) is -0.0812. The number of hydrogen-bond acceptors (Lipinski definition) is 8. The Hall–Kier alpha value is -0.896. The standard InChI is InChI=1S/C38H66O8SSi2/c1-15-30-33-32(31-21-37(11,23-43-47(12,39)40)38(31,45-33)24-44-48(13,14)36(8,9)10)35(42-25-41-22-29-19-17-16-18-20-29)34(30)46-49(26(2)3,27(4)5)28(6)7/h15-20,26-28,30-35H,1,21-25H2,2-14H3/t30-,31+,32+,33+,34+,35+,37-,38-/m0/s1. The van der Waals surface area contributed by atoms with Crippen LogP contribution in [0, 0.1) is 23.2 Å². The van der Waals surface area contributed by atoms with Crippen molar-refractivity contribution in [1.82, 2.24) is 0 Å². The molecule has 8 atom stereocenters. The molecule has 3 fully saturated rings. The maximum atomic E-state index is 12.3. The Labute approximate surface area is 300 Å². The molecule has 0 radical (unpaired) electrons. The van der Waals surface area contributed by atoms with E-state index in [1.165, 1.54) is 0 Å². The predicted molar refractivity (Wildman–Crippen MR) is 202 cm³/mol. The average molecular weight is 739 g/mol. The first-order valence-electron chi connectivity index (χ1n) is 18.3. The van der Waals surface area contributed by atoms with Crippen molar-refractivity contribution in [1.29, 1.82) is 0 Å². The van der Waals surface area contributed by atoms with Gasteiger partial charge in [-0.1, -0.05) is 106 Å². The number of rotatable bonds is 17. The maximum Gasteiger partial charge on any atom is 0.264 e. The zero-order valence-electron chi connectivity index (χ0n) is 32.6. The molecule has 0 bridgehead atoms. The highest BCUT2D eigenvalue weighted by atomic mass is 32.2. The minimum absolute atomic E-state index is 0.000158. The molecule has 2 saturated carbocycles. The van der Waals surface area contributed by atoms with E-state index in [-0.39, 0.29) is 54.5 Å². The second kappa shape index (κ2) is 14.9. The van der Waals surface area contributed by atoms with Crippen LogP contribution in [0.1, 0.15) is 81.2 Å². The number of ether oxygens (including phenoxy) is 3. The lowest BCUT2D eigenvalue weighted by Gasteiger charge is -2.61. The van der Waals surface area contributed by atoms with E-state index >= 15 is 0 Å². The molecule has 1 saturated heterocycles. The zero-order valence-corrected chi connectivity index (χ0v) is 35.4. The lowest BCUT2D eigenvalue weighted by Crippen LogP contribution is -2.69. The molecule has 0 aromatic heterocycles. The van der Waals surface area contributed by atoms with Gasteiger partial charge in [0.2, 0.25) is 8.32 Å². The van der Waals surface area contributed by atoms with Crippen molar-refractivity contribution in [3.8, 4) is 0 Å². The molecule has 3 aliphatic rings. The molecule has 1 heterocycles. The van der Waals surface area contributed by atoms with E-state index in [2.05, 4.69) is 101 Å². The molecule has 2 aliphatic carbocycles.